The molecule has 0 aliphatic heterocycles. The normalized spacial score (nSPS) is 12.3. The molecule has 1 atom stereocenters. The number of methoxy groups -OCH3 is 1. The van der Waals surface area contributed by atoms with Gasteiger partial charge in [-0.25, -0.2) is 4.79 Å². The molecule has 2 aromatic rings. The molecule has 2 rings (SSSR count). The Morgan fingerprint density at radius 2 is 1.63 bits per heavy atom. The van der Waals surface area contributed by atoms with Crippen LogP contribution >= 0.6 is 0 Å². The van der Waals surface area contributed by atoms with Crippen molar-refractivity contribution in [1.29, 1.82) is 0 Å². The topological polar surface area (TPSA) is 48.0 Å². The molecule has 27 heavy (non-hydrogen) atoms. The van der Waals surface area contributed by atoms with E-state index in [1.165, 1.54) is 13.2 Å². The van der Waals surface area contributed by atoms with Crippen LogP contribution in [-0.4, -0.2) is 33.3 Å². The van der Waals surface area contributed by atoms with Crippen molar-refractivity contribution in [1.82, 2.24) is 0 Å². The minimum absolute atomic E-state index is 0.282. The highest BCUT2D eigenvalue weighted by Crippen LogP contribution is 2.38. The van der Waals surface area contributed by atoms with Crippen LogP contribution in [0.2, 0.25) is 0 Å². The highest BCUT2D eigenvalue weighted by atomic mass is 19.4. The third-order valence-electron chi connectivity index (χ3n) is 3.67. The third-order valence-corrected chi connectivity index (χ3v) is 3.67. The van der Waals surface area contributed by atoms with Crippen molar-refractivity contribution in [3.63, 3.8) is 0 Å². The molecule has 146 valence electrons. The minimum atomic E-state index is -4.43. The first-order valence-electron chi connectivity index (χ1n) is 8.02. The first-order valence-corrected chi connectivity index (χ1v) is 8.02. The van der Waals surface area contributed by atoms with E-state index in [0.717, 1.165) is 12.1 Å². The van der Waals surface area contributed by atoms with Gasteiger partial charge in [-0.1, -0.05) is 0 Å². The van der Waals surface area contributed by atoms with Crippen molar-refractivity contribution in [3.8, 4) is 17.2 Å². The summed E-state index contributed by atoms with van der Waals surface area (Å²) in [6, 6.07) is 9.65. The molecular formula is C19H20F3NO4. The van der Waals surface area contributed by atoms with Crippen LogP contribution in [0.4, 0.5) is 18.9 Å². The maximum absolute atomic E-state index is 12.9. The monoisotopic (exact) mass is 383 g/mol. The van der Waals surface area contributed by atoms with Gasteiger partial charge < -0.3 is 19.1 Å². The van der Waals surface area contributed by atoms with Crippen LogP contribution in [0.3, 0.4) is 0 Å². The van der Waals surface area contributed by atoms with Gasteiger partial charge in [0.25, 0.3) is 0 Å². The number of ether oxygens (including phenoxy) is 3. The third kappa shape index (κ3) is 5.29. The predicted octanol–water partition coefficient (Wildman–Crippen LogP) is 4.50. The standard InChI is InChI=1S/C19H20F3NO4/c1-12(18(24)25-4)26-14-6-8-15(9-7-14)27-17-10-5-13(19(20,21)22)11-16(17)23(2)3/h5-12H,1-4H3. The number of esters is 1. The minimum Gasteiger partial charge on any atom is -0.479 e. The molecule has 1 unspecified atom stereocenters. The van der Waals surface area contributed by atoms with Crippen molar-refractivity contribution in [2.24, 2.45) is 0 Å². The van der Waals surface area contributed by atoms with E-state index >= 15 is 0 Å². The molecule has 0 bridgehead atoms. The molecule has 0 spiro atoms. The zero-order valence-electron chi connectivity index (χ0n) is 15.3. The van der Waals surface area contributed by atoms with Crippen LogP contribution in [-0.2, 0) is 15.7 Å². The van der Waals surface area contributed by atoms with Gasteiger partial charge in [-0.2, -0.15) is 13.2 Å². The van der Waals surface area contributed by atoms with Crippen LogP contribution in [0.5, 0.6) is 17.2 Å². The van der Waals surface area contributed by atoms with Crippen molar-refractivity contribution in [3.05, 3.63) is 48.0 Å². The summed E-state index contributed by atoms with van der Waals surface area (Å²) < 4.78 is 54.5. The number of hydrogen-bond donors (Lipinski definition) is 0. The summed E-state index contributed by atoms with van der Waals surface area (Å²) >= 11 is 0. The van der Waals surface area contributed by atoms with Gasteiger partial charge in [0.1, 0.15) is 11.5 Å². The van der Waals surface area contributed by atoms with E-state index in [-0.39, 0.29) is 5.75 Å². The largest absolute Gasteiger partial charge is 0.479 e. The number of alkyl halides is 3. The molecule has 2 aromatic carbocycles. The molecule has 0 radical (unpaired) electrons. The molecule has 0 amide bonds. The molecule has 0 saturated carbocycles. The predicted molar refractivity (Wildman–Crippen MR) is 94.4 cm³/mol. The van der Waals surface area contributed by atoms with Gasteiger partial charge >= 0.3 is 12.1 Å². The van der Waals surface area contributed by atoms with Gasteiger partial charge in [0.15, 0.2) is 11.9 Å². The zero-order chi connectivity index (χ0) is 20.2. The number of rotatable bonds is 6. The second kappa shape index (κ2) is 8.20. The summed E-state index contributed by atoms with van der Waals surface area (Å²) in [6.07, 6.45) is -5.20. The summed E-state index contributed by atoms with van der Waals surface area (Å²) in [5.74, 6) is 0.622. The Balaban J connectivity index is 2.18. The Kier molecular flexibility index (Phi) is 6.20. The van der Waals surface area contributed by atoms with E-state index in [1.54, 1.807) is 50.2 Å². The number of nitrogens with zero attached hydrogens (tertiary/aromatic N) is 1. The lowest BCUT2D eigenvalue weighted by atomic mass is 10.1. The number of anilines is 1. The Bertz CT molecular complexity index is 789. The molecule has 0 saturated heterocycles. The lowest BCUT2D eigenvalue weighted by molar-refractivity contribution is -0.147. The quantitative estimate of drug-likeness (QED) is 0.687. The van der Waals surface area contributed by atoms with Crippen molar-refractivity contribution in [2.75, 3.05) is 26.1 Å². The molecule has 0 aliphatic rings. The molecule has 0 aromatic heterocycles. The number of carbonyl (C=O) groups is 1. The van der Waals surface area contributed by atoms with Gasteiger partial charge in [0.2, 0.25) is 0 Å². The van der Waals surface area contributed by atoms with E-state index in [9.17, 15) is 18.0 Å². The Morgan fingerprint density at radius 1 is 1.04 bits per heavy atom. The number of carbonyl (C=O) groups excluding carboxylic acids is 1. The van der Waals surface area contributed by atoms with E-state index in [2.05, 4.69) is 4.74 Å². The number of halogens is 3. The Labute approximate surface area is 155 Å². The Hall–Kier alpha value is -2.90. The van der Waals surface area contributed by atoms with Crippen LogP contribution in [0.25, 0.3) is 0 Å². The molecule has 0 aliphatic carbocycles. The Morgan fingerprint density at radius 3 is 2.15 bits per heavy atom. The van der Waals surface area contributed by atoms with Crippen molar-refractivity contribution in [2.45, 2.75) is 19.2 Å². The number of hydrogen-bond acceptors (Lipinski definition) is 5. The average Bonchev–Trinajstić information content (AvgIpc) is 2.61. The fraction of sp³-hybridized carbons (Fsp3) is 0.316. The summed E-state index contributed by atoms with van der Waals surface area (Å²) in [7, 11) is 4.53. The highest BCUT2D eigenvalue weighted by Gasteiger charge is 2.31. The summed E-state index contributed by atoms with van der Waals surface area (Å²) in [6.45, 7) is 1.56. The second-order valence-corrected chi connectivity index (χ2v) is 5.93. The number of benzene rings is 2. The second-order valence-electron chi connectivity index (χ2n) is 5.93. The van der Waals surface area contributed by atoms with Gasteiger partial charge in [0.05, 0.1) is 18.4 Å². The lowest BCUT2D eigenvalue weighted by Gasteiger charge is -2.20. The van der Waals surface area contributed by atoms with E-state index < -0.39 is 23.8 Å². The molecule has 0 heterocycles. The van der Waals surface area contributed by atoms with E-state index in [0.29, 0.717) is 17.2 Å². The van der Waals surface area contributed by atoms with Crippen molar-refractivity contribution < 1.29 is 32.2 Å². The molecule has 8 heteroatoms. The fourth-order valence-electron chi connectivity index (χ4n) is 2.26. The summed E-state index contributed by atoms with van der Waals surface area (Å²) in [5, 5.41) is 0. The average molecular weight is 383 g/mol. The molecule has 0 N–H and O–H groups in total. The van der Waals surface area contributed by atoms with Gasteiger partial charge in [-0.05, 0) is 49.4 Å². The van der Waals surface area contributed by atoms with Gasteiger partial charge in [-0.15, -0.1) is 0 Å². The summed E-state index contributed by atoms with van der Waals surface area (Å²) in [5.41, 5.74) is -0.455. The van der Waals surface area contributed by atoms with E-state index in [1.807, 2.05) is 0 Å². The first kappa shape index (κ1) is 20.4. The smallest absolute Gasteiger partial charge is 0.416 e. The van der Waals surface area contributed by atoms with Gasteiger partial charge in [0, 0.05) is 14.1 Å². The van der Waals surface area contributed by atoms with Crippen LogP contribution < -0.4 is 14.4 Å². The lowest BCUT2D eigenvalue weighted by Crippen LogP contribution is -2.24. The van der Waals surface area contributed by atoms with Crippen LogP contribution in [0, 0.1) is 0 Å². The van der Waals surface area contributed by atoms with Crippen LogP contribution in [0.1, 0.15) is 12.5 Å². The highest BCUT2D eigenvalue weighted by molar-refractivity contribution is 5.74. The van der Waals surface area contributed by atoms with Gasteiger partial charge in [-0.3, -0.25) is 0 Å². The first-order chi connectivity index (χ1) is 12.6. The summed E-state index contributed by atoms with van der Waals surface area (Å²) in [4.78, 5) is 12.9. The maximum Gasteiger partial charge on any atom is 0.416 e. The fourth-order valence-corrected chi connectivity index (χ4v) is 2.26. The molecule has 5 nitrogen and oxygen atoms in total. The SMILES string of the molecule is COC(=O)C(C)Oc1ccc(Oc2ccc(C(F)(F)F)cc2N(C)C)cc1. The zero-order valence-corrected chi connectivity index (χ0v) is 15.3. The maximum atomic E-state index is 12.9. The molecule has 0 fully saturated rings. The van der Waals surface area contributed by atoms with E-state index in [4.69, 9.17) is 9.47 Å². The van der Waals surface area contributed by atoms with Crippen LogP contribution in [0.15, 0.2) is 42.5 Å². The molecular weight excluding hydrogens is 363 g/mol. The van der Waals surface area contributed by atoms with Crippen molar-refractivity contribution >= 4 is 11.7 Å².